The number of hydrogen-bond acceptors (Lipinski definition) is 2. The predicted octanol–water partition coefficient (Wildman–Crippen LogP) is 5.89. The van der Waals surface area contributed by atoms with E-state index in [4.69, 9.17) is 11.6 Å². The number of carbonyl (C=O) groups is 1. The summed E-state index contributed by atoms with van der Waals surface area (Å²) in [4.78, 5) is 14.6. The van der Waals surface area contributed by atoms with Crippen LogP contribution in [0.4, 0.5) is 13.2 Å². The van der Waals surface area contributed by atoms with Crippen molar-refractivity contribution in [1.29, 1.82) is 0 Å². The minimum Gasteiger partial charge on any atom is -0.296 e. The van der Waals surface area contributed by atoms with E-state index in [2.05, 4.69) is 4.90 Å². The molecule has 1 saturated heterocycles. The summed E-state index contributed by atoms with van der Waals surface area (Å²) < 4.78 is 37.9. The van der Waals surface area contributed by atoms with Crippen molar-refractivity contribution in [2.24, 2.45) is 5.92 Å². The van der Waals surface area contributed by atoms with E-state index >= 15 is 0 Å². The lowest BCUT2D eigenvalue weighted by molar-refractivity contribution is -0.137. The number of carbonyl (C=O) groups excluding carboxylic acids is 1. The first-order valence-corrected chi connectivity index (χ1v) is 9.86. The Bertz CT molecular complexity index is 787. The second kappa shape index (κ2) is 9.10. The Morgan fingerprint density at radius 3 is 2.39 bits per heavy atom. The van der Waals surface area contributed by atoms with Gasteiger partial charge in [-0.1, -0.05) is 23.7 Å². The summed E-state index contributed by atoms with van der Waals surface area (Å²) in [5, 5.41) is 0.609. The summed E-state index contributed by atoms with van der Waals surface area (Å²) in [5.74, 6) is 0.536. The van der Waals surface area contributed by atoms with Gasteiger partial charge in [-0.25, -0.2) is 0 Å². The fraction of sp³-hybridized carbons (Fsp3) is 0.409. The number of piperidine rings is 1. The van der Waals surface area contributed by atoms with E-state index in [9.17, 15) is 18.0 Å². The molecule has 1 unspecified atom stereocenters. The van der Waals surface area contributed by atoms with Gasteiger partial charge in [0.25, 0.3) is 0 Å². The van der Waals surface area contributed by atoms with Crippen LogP contribution in [0.25, 0.3) is 0 Å². The monoisotopic (exact) mass is 409 g/mol. The maximum absolute atomic E-state index is 12.6. The van der Waals surface area contributed by atoms with Crippen LogP contribution in [0.2, 0.25) is 5.02 Å². The first-order chi connectivity index (χ1) is 13.3. The van der Waals surface area contributed by atoms with Crippen LogP contribution in [0, 0.1) is 5.92 Å². The van der Waals surface area contributed by atoms with Gasteiger partial charge >= 0.3 is 6.18 Å². The Hall–Kier alpha value is -1.85. The van der Waals surface area contributed by atoms with Crippen molar-refractivity contribution in [2.75, 3.05) is 19.6 Å². The van der Waals surface area contributed by atoms with Crippen molar-refractivity contribution in [1.82, 2.24) is 4.90 Å². The third-order valence-corrected chi connectivity index (χ3v) is 5.51. The second-order valence-electron chi connectivity index (χ2n) is 7.41. The summed E-state index contributed by atoms with van der Waals surface area (Å²) in [5.41, 5.74) is 0.972. The fourth-order valence-corrected chi connectivity index (χ4v) is 3.82. The highest BCUT2D eigenvalue weighted by Gasteiger charge is 2.30. The van der Waals surface area contributed by atoms with Gasteiger partial charge in [-0.2, -0.15) is 13.2 Å². The number of aryl methyl sites for hydroxylation is 1. The Morgan fingerprint density at radius 2 is 1.75 bits per heavy atom. The van der Waals surface area contributed by atoms with Crippen LogP contribution >= 0.6 is 11.6 Å². The van der Waals surface area contributed by atoms with Gasteiger partial charge < -0.3 is 0 Å². The van der Waals surface area contributed by atoms with Gasteiger partial charge in [0.05, 0.1) is 12.1 Å². The van der Waals surface area contributed by atoms with Gasteiger partial charge in [-0.05, 0) is 80.1 Å². The number of alkyl halides is 3. The van der Waals surface area contributed by atoms with E-state index in [-0.39, 0.29) is 5.78 Å². The highest BCUT2D eigenvalue weighted by Crippen LogP contribution is 2.29. The van der Waals surface area contributed by atoms with Crippen LogP contribution in [0.15, 0.2) is 48.5 Å². The van der Waals surface area contributed by atoms with Crippen molar-refractivity contribution in [3.05, 3.63) is 70.2 Å². The molecule has 6 heteroatoms. The molecule has 1 aliphatic rings. The van der Waals surface area contributed by atoms with E-state index in [1.165, 1.54) is 0 Å². The minimum absolute atomic E-state index is 0.0834. The molecular weight excluding hydrogens is 387 g/mol. The molecule has 0 aromatic heterocycles. The van der Waals surface area contributed by atoms with Gasteiger partial charge in [0, 0.05) is 17.1 Å². The maximum atomic E-state index is 12.6. The molecule has 0 amide bonds. The highest BCUT2D eigenvalue weighted by molar-refractivity contribution is 6.30. The summed E-state index contributed by atoms with van der Waals surface area (Å²) in [6.07, 6.45) is -0.504. The van der Waals surface area contributed by atoms with Crippen molar-refractivity contribution >= 4 is 17.4 Å². The van der Waals surface area contributed by atoms with Gasteiger partial charge in [0.1, 0.15) is 0 Å². The lowest BCUT2D eigenvalue weighted by atomic mass is 9.91. The van der Waals surface area contributed by atoms with Crippen molar-refractivity contribution in [3.8, 4) is 0 Å². The Labute approximate surface area is 168 Å². The third kappa shape index (κ3) is 5.82. The molecule has 3 rings (SSSR count). The van der Waals surface area contributed by atoms with Crippen LogP contribution < -0.4 is 0 Å². The normalized spacial score (nSPS) is 18.2. The van der Waals surface area contributed by atoms with Crippen LogP contribution in [0.5, 0.6) is 0 Å². The van der Waals surface area contributed by atoms with Gasteiger partial charge in [-0.15, -0.1) is 0 Å². The Morgan fingerprint density at radius 1 is 1.07 bits per heavy atom. The molecule has 0 bridgehead atoms. The van der Waals surface area contributed by atoms with Crippen molar-refractivity contribution in [3.63, 3.8) is 0 Å². The van der Waals surface area contributed by atoms with Crippen molar-refractivity contribution < 1.29 is 18.0 Å². The smallest absolute Gasteiger partial charge is 0.296 e. The summed E-state index contributed by atoms with van der Waals surface area (Å²) in [6, 6.07) is 12.4. The zero-order chi connectivity index (χ0) is 20.1. The number of ketones is 1. The van der Waals surface area contributed by atoms with E-state index in [0.717, 1.165) is 56.5 Å². The summed E-state index contributed by atoms with van der Waals surface area (Å²) >= 11 is 5.87. The number of benzene rings is 2. The number of likely N-dealkylation sites (tertiary alicyclic amines) is 1. The quantitative estimate of drug-likeness (QED) is 0.555. The minimum atomic E-state index is -4.29. The SMILES string of the molecule is O=C(CN1CCCC(CCc2ccc(C(F)(F)F)cc2)C1)c1ccc(Cl)cc1. The average molecular weight is 410 g/mol. The zero-order valence-corrected chi connectivity index (χ0v) is 16.3. The van der Waals surface area contributed by atoms with Gasteiger partial charge in [0.15, 0.2) is 5.78 Å². The lowest BCUT2D eigenvalue weighted by Crippen LogP contribution is -2.39. The van der Waals surface area contributed by atoms with Crippen LogP contribution in [-0.2, 0) is 12.6 Å². The second-order valence-corrected chi connectivity index (χ2v) is 7.84. The molecule has 1 atom stereocenters. The average Bonchev–Trinajstić information content (AvgIpc) is 2.67. The lowest BCUT2D eigenvalue weighted by Gasteiger charge is -2.32. The molecule has 1 fully saturated rings. The van der Waals surface area contributed by atoms with Gasteiger partial charge in [-0.3, -0.25) is 9.69 Å². The van der Waals surface area contributed by atoms with E-state index < -0.39 is 11.7 Å². The molecule has 1 aliphatic heterocycles. The molecule has 0 N–H and O–H groups in total. The summed E-state index contributed by atoms with van der Waals surface area (Å²) in [6.45, 7) is 2.13. The molecule has 1 heterocycles. The molecule has 2 aromatic rings. The summed E-state index contributed by atoms with van der Waals surface area (Å²) in [7, 11) is 0. The number of hydrogen-bond donors (Lipinski definition) is 0. The van der Waals surface area contributed by atoms with E-state index in [1.54, 1.807) is 36.4 Å². The fourth-order valence-electron chi connectivity index (χ4n) is 3.69. The predicted molar refractivity (Wildman–Crippen MR) is 105 cm³/mol. The van der Waals surface area contributed by atoms with Crippen LogP contribution in [-0.4, -0.2) is 30.3 Å². The highest BCUT2D eigenvalue weighted by atomic mass is 35.5. The number of rotatable bonds is 6. The Balaban J connectivity index is 1.49. The first-order valence-electron chi connectivity index (χ1n) is 9.48. The van der Waals surface area contributed by atoms with Gasteiger partial charge in [0.2, 0.25) is 0 Å². The first kappa shape index (κ1) is 20.9. The molecule has 0 radical (unpaired) electrons. The third-order valence-electron chi connectivity index (χ3n) is 5.26. The largest absolute Gasteiger partial charge is 0.416 e. The number of Topliss-reactive ketones (excluding diaryl/α,β-unsaturated/α-hetero) is 1. The molecule has 150 valence electrons. The molecule has 2 aromatic carbocycles. The molecule has 2 nitrogen and oxygen atoms in total. The molecule has 0 spiro atoms. The zero-order valence-electron chi connectivity index (χ0n) is 15.5. The standard InChI is InChI=1S/C22H23ClF3NO/c23-20-11-7-18(8-12-20)21(28)15-27-13-1-2-17(14-27)4-3-16-5-9-19(10-6-16)22(24,25)26/h5-12,17H,1-4,13-15H2. The Kier molecular flexibility index (Phi) is 6.78. The van der Waals surface area contributed by atoms with Crippen LogP contribution in [0.3, 0.4) is 0 Å². The number of halogens is 4. The van der Waals surface area contributed by atoms with E-state index in [1.807, 2.05) is 0 Å². The maximum Gasteiger partial charge on any atom is 0.416 e. The van der Waals surface area contributed by atoms with Crippen molar-refractivity contribution in [2.45, 2.75) is 31.9 Å². The van der Waals surface area contributed by atoms with E-state index in [0.29, 0.717) is 23.0 Å². The molecular formula is C22H23ClF3NO. The molecule has 0 saturated carbocycles. The molecule has 28 heavy (non-hydrogen) atoms. The number of nitrogens with zero attached hydrogens (tertiary/aromatic N) is 1. The van der Waals surface area contributed by atoms with Crippen LogP contribution in [0.1, 0.15) is 40.7 Å². The molecule has 0 aliphatic carbocycles. The topological polar surface area (TPSA) is 20.3 Å².